The first-order valence-electron chi connectivity index (χ1n) is 6.63. The van der Waals surface area contributed by atoms with Crippen LogP contribution in [-0.2, 0) is 16.3 Å². The fourth-order valence-corrected chi connectivity index (χ4v) is 2.11. The SMILES string of the molecule is CCOCn1cc(NC(=O)C(C)n2ncc(Br)c2C)cn1. The van der Waals surface area contributed by atoms with Crippen LogP contribution in [0.3, 0.4) is 0 Å². The van der Waals surface area contributed by atoms with E-state index >= 15 is 0 Å². The third-order valence-electron chi connectivity index (χ3n) is 3.06. The smallest absolute Gasteiger partial charge is 0.249 e. The van der Waals surface area contributed by atoms with Crippen LogP contribution in [0.1, 0.15) is 25.6 Å². The number of anilines is 1. The lowest BCUT2D eigenvalue weighted by Crippen LogP contribution is -2.25. The topological polar surface area (TPSA) is 74.0 Å². The van der Waals surface area contributed by atoms with E-state index in [1.807, 2.05) is 13.8 Å². The Hall–Kier alpha value is -1.67. The highest BCUT2D eigenvalue weighted by atomic mass is 79.9. The lowest BCUT2D eigenvalue weighted by molar-refractivity contribution is -0.119. The zero-order chi connectivity index (χ0) is 15.4. The zero-order valence-corrected chi connectivity index (χ0v) is 13.8. The van der Waals surface area contributed by atoms with Gasteiger partial charge in [0.25, 0.3) is 0 Å². The third kappa shape index (κ3) is 3.70. The van der Waals surface area contributed by atoms with E-state index in [9.17, 15) is 4.79 Å². The average Bonchev–Trinajstić information content (AvgIpc) is 3.04. The number of carbonyl (C=O) groups excluding carboxylic acids is 1. The monoisotopic (exact) mass is 355 g/mol. The molecule has 0 bridgehead atoms. The molecule has 1 unspecified atom stereocenters. The van der Waals surface area contributed by atoms with E-state index in [-0.39, 0.29) is 5.91 Å². The highest BCUT2D eigenvalue weighted by molar-refractivity contribution is 9.10. The van der Waals surface area contributed by atoms with Crippen molar-refractivity contribution in [3.8, 4) is 0 Å². The van der Waals surface area contributed by atoms with Crippen molar-refractivity contribution in [2.45, 2.75) is 33.5 Å². The summed E-state index contributed by atoms with van der Waals surface area (Å²) in [5, 5.41) is 11.1. The van der Waals surface area contributed by atoms with Crippen molar-refractivity contribution in [3.63, 3.8) is 0 Å². The molecule has 21 heavy (non-hydrogen) atoms. The first kappa shape index (κ1) is 15.7. The van der Waals surface area contributed by atoms with Gasteiger partial charge in [-0.3, -0.25) is 9.48 Å². The zero-order valence-electron chi connectivity index (χ0n) is 12.2. The molecule has 0 aromatic carbocycles. The molecule has 0 aliphatic rings. The van der Waals surface area contributed by atoms with E-state index in [4.69, 9.17) is 4.74 Å². The molecule has 114 valence electrons. The van der Waals surface area contributed by atoms with Gasteiger partial charge in [-0.15, -0.1) is 0 Å². The van der Waals surface area contributed by atoms with Crippen LogP contribution in [0.4, 0.5) is 5.69 Å². The van der Waals surface area contributed by atoms with Crippen LogP contribution >= 0.6 is 15.9 Å². The number of hydrogen-bond acceptors (Lipinski definition) is 4. The molecule has 2 rings (SSSR count). The fraction of sp³-hybridized carbons (Fsp3) is 0.462. The van der Waals surface area contributed by atoms with E-state index in [2.05, 4.69) is 31.4 Å². The lowest BCUT2D eigenvalue weighted by Gasteiger charge is -2.13. The fourth-order valence-electron chi connectivity index (χ4n) is 1.83. The second-order valence-electron chi connectivity index (χ2n) is 4.58. The van der Waals surface area contributed by atoms with Crippen molar-refractivity contribution in [2.24, 2.45) is 0 Å². The Bertz CT molecular complexity index is 622. The molecular weight excluding hydrogens is 338 g/mol. The third-order valence-corrected chi connectivity index (χ3v) is 3.84. The van der Waals surface area contributed by atoms with Gasteiger partial charge in [0.1, 0.15) is 12.8 Å². The second-order valence-corrected chi connectivity index (χ2v) is 5.43. The summed E-state index contributed by atoms with van der Waals surface area (Å²) in [6, 6.07) is -0.411. The maximum atomic E-state index is 12.2. The summed E-state index contributed by atoms with van der Waals surface area (Å²) < 4.78 is 9.42. The van der Waals surface area contributed by atoms with Crippen molar-refractivity contribution in [1.82, 2.24) is 19.6 Å². The van der Waals surface area contributed by atoms with E-state index in [0.29, 0.717) is 19.0 Å². The van der Waals surface area contributed by atoms with Gasteiger partial charge in [0.2, 0.25) is 5.91 Å². The van der Waals surface area contributed by atoms with E-state index < -0.39 is 6.04 Å². The summed E-state index contributed by atoms with van der Waals surface area (Å²) in [4.78, 5) is 12.2. The Labute approximate surface area is 131 Å². The number of nitrogens with one attached hydrogen (secondary N) is 1. The van der Waals surface area contributed by atoms with Crippen LogP contribution in [0.2, 0.25) is 0 Å². The Morgan fingerprint density at radius 2 is 2.24 bits per heavy atom. The van der Waals surface area contributed by atoms with Crippen molar-refractivity contribution < 1.29 is 9.53 Å². The van der Waals surface area contributed by atoms with Crippen molar-refractivity contribution >= 4 is 27.5 Å². The van der Waals surface area contributed by atoms with Gasteiger partial charge in [0, 0.05) is 6.61 Å². The summed E-state index contributed by atoms with van der Waals surface area (Å²) in [5.74, 6) is -0.148. The van der Waals surface area contributed by atoms with Crippen LogP contribution in [0.25, 0.3) is 0 Å². The maximum Gasteiger partial charge on any atom is 0.249 e. The summed E-state index contributed by atoms with van der Waals surface area (Å²) >= 11 is 3.39. The summed E-state index contributed by atoms with van der Waals surface area (Å²) in [6.45, 7) is 6.60. The van der Waals surface area contributed by atoms with Crippen LogP contribution in [0, 0.1) is 6.92 Å². The number of hydrogen-bond donors (Lipinski definition) is 1. The minimum absolute atomic E-state index is 0.148. The number of rotatable bonds is 6. The number of carbonyl (C=O) groups is 1. The largest absolute Gasteiger partial charge is 0.360 e. The van der Waals surface area contributed by atoms with Gasteiger partial charge < -0.3 is 10.1 Å². The Morgan fingerprint density at radius 3 is 2.86 bits per heavy atom. The van der Waals surface area contributed by atoms with Gasteiger partial charge in [-0.05, 0) is 36.7 Å². The van der Waals surface area contributed by atoms with Crippen molar-refractivity contribution in [1.29, 1.82) is 0 Å². The number of halogens is 1. The van der Waals surface area contributed by atoms with E-state index in [0.717, 1.165) is 10.2 Å². The molecule has 1 amide bonds. The Kier molecular flexibility index (Phi) is 5.13. The van der Waals surface area contributed by atoms with Crippen LogP contribution in [0.5, 0.6) is 0 Å². The number of aromatic nitrogens is 4. The minimum atomic E-state index is -0.411. The normalized spacial score (nSPS) is 12.4. The van der Waals surface area contributed by atoms with Gasteiger partial charge in [0.15, 0.2) is 0 Å². The van der Waals surface area contributed by atoms with Gasteiger partial charge in [-0.25, -0.2) is 4.68 Å². The van der Waals surface area contributed by atoms with Gasteiger partial charge in [-0.2, -0.15) is 10.2 Å². The molecule has 0 fully saturated rings. The predicted octanol–water partition coefficient (Wildman–Crippen LogP) is 2.34. The number of nitrogens with zero attached hydrogens (tertiary/aromatic N) is 4. The lowest BCUT2D eigenvalue weighted by atomic mass is 10.3. The summed E-state index contributed by atoms with van der Waals surface area (Å²) in [5.41, 5.74) is 1.54. The van der Waals surface area contributed by atoms with Gasteiger partial charge in [-0.1, -0.05) is 0 Å². The van der Waals surface area contributed by atoms with E-state index in [1.165, 1.54) is 0 Å². The molecule has 0 saturated carbocycles. The Morgan fingerprint density at radius 1 is 1.48 bits per heavy atom. The van der Waals surface area contributed by atoms with E-state index in [1.54, 1.807) is 34.9 Å². The quantitative estimate of drug-likeness (QED) is 0.862. The first-order chi connectivity index (χ1) is 10.0. The molecule has 0 aliphatic heterocycles. The average molecular weight is 356 g/mol. The summed E-state index contributed by atoms with van der Waals surface area (Å²) in [7, 11) is 0. The highest BCUT2D eigenvalue weighted by Crippen LogP contribution is 2.19. The Balaban J connectivity index is 2.00. The standard InChI is InChI=1S/C13H18BrN5O2/c1-4-21-8-18-7-11(5-15-18)17-13(20)10(3)19-9(2)12(14)6-16-19/h5-7,10H,4,8H2,1-3H3,(H,17,20). The summed E-state index contributed by atoms with van der Waals surface area (Å²) in [6.07, 6.45) is 5.00. The number of amides is 1. The molecule has 1 N–H and O–H groups in total. The molecule has 0 radical (unpaired) electrons. The highest BCUT2D eigenvalue weighted by Gasteiger charge is 2.19. The van der Waals surface area contributed by atoms with Crippen LogP contribution in [-0.4, -0.2) is 32.1 Å². The second kappa shape index (κ2) is 6.86. The molecule has 0 aliphatic carbocycles. The number of ether oxygens (including phenoxy) is 1. The van der Waals surface area contributed by atoms with Gasteiger partial charge in [0.05, 0.1) is 34.4 Å². The molecule has 1 atom stereocenters. The van der Waals surface area contributed by atoms with Crippen LogP contribution < -0.4 is 5.32 Å². The van der Waals surface area contributed by atoms with Crippen LogP contribution in [0.15, 0.2) is 23.1 Å². The predicted molar refractivity (Wildman–Crippen MR) is 81.9 cm³/mol. The molecule has 7 nitrogen and oxygen atoms in total. The minimum Gasteiger partial charge on any atom is -0.360 e. The van der Waals surface area contributed by atoms with Crippen molar-refractivity contribution in [3.05, 3.63) is 28.8 Å². The molecule has 2 heterocycles. The molecule has 2 aromatic rings. The van der Waals surface area contributed by atoms with Crippen molar-refractivity contribution in [2.75, 3.05) is 11.9 Å². The molecular formula is C13H18BrN5O2. The molecule has 8 heteroatoms. The molecule has 2 aromatic heterocycles. The van der Waals surface area contributed by atoms with Gasteiger partial charge >= 0.3 is 0 Å². The first-order valence-corrected chi connectivity index (χ1v) is 7.43. The maximum absolute atomic E-state index is 12.2. The molecule has 0 saturated heterocycles. The molecule has 0 spiro atoms.